The van der Waals surface area contributed by atoms with Crippen molar-refractivity contribution < 1.29 is 9.47 Å². The number of methoxy groups -OCH3 is 2. The van der Waals surface area contributed by atoms with Crippen molar-refractivity contribution in [2.45, 2.75) is 13.3 Å². The van der Waals surface area contributed by atoms with Crippen LogP contribution < -0.4 is 14.8 Å². The Morgan fingerprint density at radius 2 is 1.75 bits per heavy atom. The first-order valence-corrected chi connectivity index (χ1v) is 8.65. The predicted octanol–water partition coefficient (Wildman–Crippen LogP) is 5.13. The number of rotatable bonds is 6. The third-order valence-corrected chi connectivity index (χ3v) is 4.55. The Morgan fingerprint density at radius 1 is 1.00 bits per heavy atom. The van der Waals surface area contributed by atoms with Gasteiger partial charge in [0.2, 0.25) is 0 Å². The first kappa shape index (κ1) is 16.3. The van der Waals surface area contributed by atoms with Crippen LogP contribution in [0, 0.1) is 0 Å². The molecule has 0 atom stereocenters. The van der Waals surface area contributed by atoms with E-state index >= 15 is 0 Å². The van der Waals surface area contributed by atoms with Crippen molar-refractivity contribution in [3.8, 4) is 22.8 Å². The second-order valence-electron chi connectivity index (χ2n) is 5.28. The Balaban J connectivity index is 1.79. The van der Waals surface area contributed by atoms with Gasteiger partial charge in [-0.2, -0.15) is 0 Å². The SMILES string of the molecule is CCc1ccc(Nc2nc(-c3ccc(OC)c(OC)c3)cs2)cc1. The number of aryl methyl sites for hydroxylation is 1. The standard InChI is InChI=1S/C19H20N2O2S/c1-4-13-5-8-15(9-6-13)20-19-21-16(12-24-19)14-7-10-17(22-2)18(11-14)23-3/h5-12H,4H2,1-3H3,(H,20,21). The van der Waals surface area contributed by atoms with Gasteiger partial charge in [-0.1, -0.05) is 19.1 Å². The van der Waals surface area contributed by atoms with E-state index < -0.39 is 0 Å². The maximum absolute atomic E-state index is 5.36. The number of aromatic nitrogens is 1. The van der Waals surface area contributed by atoms with E-state index in [1.807, 2.05) is 23.6 Å². The molecule has 3 rings (SSSR count). The fraction of sp³-hybridized carbons (Fsp3) is 0.211. The Bertz CT molecular complexity index is 812. The van der Waals surface area contributed by atoms with Gasteiger partial charge in [0.05, 0.1) is 19.9 Å². The number of anilines is 2. The summed E-state index contributed by atoms with van der Waals surface area (Å²) in [6.45, 7) is 2.15. The third-order valence-electron chi connectivity index (χ3n) is 3.80. The maximum Gasteiger partial charge on any atom is 0.187 e. The fourth-order valence-electron chi connectivity index (χ4n) is 2.41. The highest BCUT2D eigenvalue weighted by Crippen LogP contribution is 2.34. The van der Waals surface area contributed by atoms with Gasteiger partial charge in [-0.05, 0) is 42.3 Å². The lowest BCUT2D eigenvalue weighted by atomic mass is 10.1. The molecule has 0 unspecified atom stereocenters. The van der Waals surface area contributed by atoms with Gasteiger partial charge in [0.15, 0.2) is 16.6 Å². The van der Waals surface area contributed by atoms with E-state index in [1.54, 1.807) is 25.6 Å². The largest absolute Gasteiger partial charge is 0.493 e. The minimum Gasteiger partial charge on any atom is -0.493 e. The van der Waals surface area contributed by atoms with Crippen LogP contribution in [-0.4, -0.2) is 19.2 Å². The molecule has 0 amide bonds. The minimum absolute atomic E-state index is 0.702. The summed E-state index contributed by atoms with van der Waals surface area (Å²) in [6, 6.07) is 14.2. The van der Waals surface area contributed by atoms with Crippen LogP contribution in [0.15, 0.2) is 47.8 Å². The van der Waals surface area contributed by atoms with Gasteiger partial charge in [-0.3, -0.25) is 0 Å². The summed E-state index contributed by atoms with van der Waals surface area (Å²) in [5, 5.41) is 6.24. The van der Waals surface area contributed by atoms with Crippen LogP contribution in [-0.2, 0) is 6.42 Å². The van der Waals surface area contributed by atoms with Gasteiger partial charge in [-0.25, -0.2) is 4.98 Å². The van der Waals surface area contributed by atoms with E-state index in [1.165, 1.54) is 5.56 Å². The van der Waals surface area contributed by atoms with E-state index in [2.05, 4.69) is 41.5 Å². The van der Waals surface area contributed by atoms with Crippen LogP contribution in [0.2, 0.25) is 0 Å². The van der Waals surface area contributed by atoms with E-state index in [9.17, 15) is 0 Å². The van der Waals surface area contributed by atoms with Crippen molar-refractivity contribution in [3.63, 3.8) is 0 Å². The molecule has 124 valence electrons. The third kappa shape index (κ3) is 3.51. The lowest BCUT2D eigenvalue weighted by Gasteiger charge is -2.08. The molecule has 0 bridgehead atoms. The summed E-state index contributed by atoms with van der Waals surface area (Å²) in [4.78, 5) is 4.66. The van der Waals surface area contributed by atoms with Gasteiger partial charge in [0.1, 0.15) is 0 Å². The molecule has 1 heterocycles. The molecule has 0 fully saturated rings. The molecule has 1 N–H and O–H groups in total. The number of nitrogens with one attached hydrogen (secondary N) is 1. The van der Waals surface area contributed by atoms with Crippen LogP contribution in [0.25, 0.3) is 11.3 Å². The molecular weight excluding hydrogens is 320 g/mol. The molecule has 0 spiro atoms. The zero-order valence-corrected chi connectivity index (χ0v) is 14.8. The van der Waals surface area contributed by atoms with E-state index in [0.717, 1.165) is 28.5 Å². The van der Waals surface area contributed by atoms with Gasteiger partial charge in [-0.15, -0.1) is 11.3 Å². The smallest absolute Gasteiger partial charge is 0.187 e. The molecule has 0 aliphatic rings. The second kappa shape index (κ2) is 7.36. The van der Waals surface area contributed by atoms with Crippen molar-refractivity contribution in [3.05, 3.63) is 53.4 Å². The summed E-state index contributed by atoms with van der Waals surface area (Å²) in [7, 11) is 3.27. The van der Waals surface area contributed by atoms with Gasteiger partial charge >= 0.3 is 0 Å². The molecule has 5 heteroatoms. The Hall–Kier alpha value is -2.53. The van der Waals surface area contributed by atoms with Crippen molar-refractivity contribution in [2.24, 2.45) is 0 Å². The van der Waals surface area contributed by atoms with Crippen molar-refractivity contribution >= 4 is 22.2 Å². The fourth-order valence-corrected chi connectivity index (χ4v) is 3.15. The van der Waals surface area contributed by atoms with Crippen molar-refractivity contribution in [1.29, 1.82) is 0 Å². The van der Waals surface area contributed by atoms with Crippen molar-refractivity contribution in [2.75, 3.05) is 19.5 Å². The average molecular weight is 340 g/mol. The molecule has 2 aromatic carbocycles. The zero-order chi connectivity index (χ0) is 16.9. The second-order valence-corrected chi connectivity index (χ2v) is 6.14. The molecular formula is C19H20N2O2S. The quantitative estimate of drug-likeness (QED) is 0.675. The first-order chi connectivity index (χ1) is 11.7. The highest BCUT2D eigenvalue weighted by atomic mass is 32.1. The summed E-state index contributed by atoms with van der Waals surface area (Å²) >= 11 is 1.58. The molecule has 0 saturated heterocycles. The number of nitrogens with zero attached hydrogens (tertiary/aromatic N) is 1. The zero-order valence-electron chi connectivity index (χ0n) is 14.0. The Labute approximate surface area is 146 Å². The van der Waals surface area contributed by atoms with E-state index in [4.69, 9.17) is 9.47 Å². The Kier molecular flexibility index (Phi) is 5.01. The van der Waals surface area contributed by atoms with Crippen LogP contribution in [0.4, 0.5) is 10.8 Å². The normalized spacial score (nSPS) is 10.5. The van der Waals surface area contributed by atoms with Gasteiger partial charge in [0.25, 0.3) is 0 Å². The maximum atomic E-state index is 5.36. The summed E-state index contributed by atoms with van der Waals surface area (Å²) in [5.41, 5.74) is 4.28. The van der Waals surface area contributed by atoms with E-state index in [-0.39, 0.29) is 0 Å². The Morgan fingerprint density at radius 3 is 2.42 bits per heavy atom. The summed E-state index contributed by atoms with van der Waals surface area (Å²) in [5.74, 6) is 1.42. The molecule has 3 aromatic rings. The van der Waals surface area contributed by atoms with Crippen LogP contribution in [0.3, 0.4) is 0 Å². The highest BCUT2D eigenvalue weighted by molar-refractivity contribution is 7.14. The molecule has 4 nitrogen and oxygen atoms in total. The first-order valence-electron chi connectivity index (χ1n) is 7.77. The highest BCUT2D eigenvalue weighted by Gasteiger charge is 2.09. The van der Waals surface area contributed by atoms with Crippen LogP contribution in [0.5, 0.6) is 11.5 Å². The topological polar surface area (TPSA) is 43.4 Å². The minimum atomic E-state index is 0.702. The number of benzene rings is 2. The predicted molar refractivity (Wildman–Crippen MR) is 99.8 cm³/mol. The molecule has 1 aromatic heterocycles. The molecule has 0 saturated carbocycles. The monoisotopic (exact) mass is 340 g/mol. The molecule has 0 radical (unpaired) electrons. The average Bonchev–Trinajstić information content (AvgIpc) is 3.10. The lowest BCUT2D eigenvalue weighted by Crippen LogP contribution is -1.92. The molecule has 0 aliphatic heterocycles. The molecule has 24 heavy (non-hydrogen) atoms. The molecule has 0 aliphatic carbocycles. The lowest BCUT2D eigenvalue weighted by molar-refractivity contribution is 0.355. The summed E-state index contributed by atoms with van der Waals surface area (Å²) < 4.78 is 10.6. The summed E-state index contributed by atoms with van der Waals surface area (Å²) in [6.07, 6.45) is 1.04. The number of hydrogen-bond acceptors (Lipinski definition) is 5. The number of thiazole rings is 1. The number of ether oxygens (including phenoxy) is 2. The van der Waals surface area contributed by atoms with E-state index in [0.29, 0.717) is 11.5 Å². The number of hydrogen-bond donors (Lipinski definition) is 1. The van der Waals surface area contributed by atoms with Crippen molar-refractivity contribution in [1.82, 2.24) is 4.98 Å². The van der Waals surface area contributed by atoms with Crippen LogP contribution in [0.1, 0.15) is 12.5 Å². The van der Waals surface area contributed by atoms with Gasteiger partial charge in [0, 0.05) is 16.6 Å². The van der Waals surface area contributed by atoms with Crippen LogP contribution >= 0.6 is 11.3 Å². The van der Waals surface area contributed by atoms with Gasteiger partial charge < -0.3 is 14.8 Å².